The normalized spacial score (nSPS) is 21.2. The zero-order chi connectivity index (χ0) is 13.1. The van der Waals surface area contributed by atoms with Gasteiger partial charge < -0.3 is 15.7 Å². The molecule has 1 aliphatic carbocycles. The summed E-state index contributed by atoms with van der Waals surface area (Å²) in [6.07, 6.45) is 1.16. The fourth-order valence-corrected chi connectivity index (χ4v) is 1.81. The number of carboxylic acid groups (broad SMARTS) is 1. The Bertz CT molecular complexity index is 473. The first-order valence-electron chi connectivity index (χ1n) is 5.94. The van der Waals surface area contributed by atoms with Crippen LogP contribution in [0.25, 0.3) is 0 Å². The van der Waals surface area contributed by atoms with Gasteiger partial charge in [-0.1, -0.05) is 13.0 Å². The maximum Gasteiger partial charge on any atom is 0.335 e. The van der Waals surface area contributed by atoms with Crippen LogP contribution < -0.4 is 10.6 Å². The molecule has 1 saturated carbocycles. The summed E-state index contributed by atoms with van der Waals surface area (Å²) in [5.41, 5.74) is 0.639. The molecule has 0 aromatic heterocycles. The molecule has 2 amide bonds. The number of aromatic carboxylic acids is 1. The first-order valence-corrected chi connectivity index (χ1v) is 5.94. The van der Waals surface area contributed by atoms with Crippen molar-refractivity contribution < 1.29 is 14.7 Å². The minimum atomic E-state index is -1.01. The number of carbonyl (C=O) groups excluding carboxylic acids is 1. The number of urea groups is 1. The van der Waals surface area contributed by atoms with Gasteiger partial charge >= 0.3 is 12.0 Å². The van der Waals surface area contributed by atoms with Gasteiger partial charge in [-0.25, -0.2) is 9.59 Å². The standard InChI is InChI=1S/C13H16N2O3/c1-8-5-10(8)7-14-13(18)15-11-4-2-3-9(6-11)12(16)17/h2-4,6,8,10H,5,7H2,1H3,(H,16,17)(H2,14,15,18). The molecule has 1 aliphatic rings. The lowest BCUT2D eigenvalue weighted by Gasteiger charge is -2.07. The number of nitrogens with one attached hydrogen (secondary N) is 2. The van der Waals surface area contributed by atoms with Crippen molar-refractivity contribution in [3.63, 3.8) is 0 Å². The van der Waals surface area contributed by atoms with Gasteiger partial charge in [0.05, 0.1) is 5.56 Å². The van der Waals surface area contributed by atoms with E-state index in [1.165, 1.54) is 12.1 Å². The smallest absolute Gasteiger partial charge is 0.335 e. The van der Waals surface area contributed by atoms with Crippen molar-refractivity contribution >= 4 is 17.7 Å². The SMILES string of the molecule is CC1CC1CNC(=O)Nc1cccc(C(=O)O)c1. The summed E-state index contributed by atoms with van der Waals surface area (Å²) in [6, 6.07) is 5.88. The van der Waals surface area contributed by atoms with E-state index in [0.717, 1.165) is 6.42 Å². The Morgan fingerprint density at radius 2 is 2.17 bits per heavy atom. The third kappa shape index (κ3) is 3.23. The van der Waals surface area contributed by atoms with Crippen molar-refractivity contribution in [2.45, 2.75) is 13.3 Å². The highest BCUT2D eigenvalue weighted by Crippen LogP contribution is 2.36. The topological polar surface area (TPSA) is 78.4 Å². The molecule has 96 valence electrons. The second-order valence-electron chi connectivity index (χ2n) is 4.69. The Hall–Kier alpha value is -2.04. The van der Waals surface area contributed by atoms with Gasteiger partial charge in [0.25, 0.3) is 0 Å². The highest BCUT2D eigenvalue weighted by atomic mass is 16.4. The number of carbonyl (C=O) groups is 2. The molecule has 0 spiro atoms. The Balaban J connectivity index is 1.86. The largest absolute Gasteiger partial charge is 0.478 e. The van der Waals surface area contributed by atoms with E-state index in [4.69, 9.17) is 5.11 Å². The van der Waals surface area contributed by atoms with Gasteiger partial charge in [0.1, 0.15) is 0 Å². The van der Waals surface area contributed by atoms with Crippen LogP contribution in [-0.4, -0.2) is 23.7 Å². The Kier molecular flexibility index (Phi) is 3.50. The minimum Gasteiger partial charge on any atom is -0.478 e. The molecule has 0 radical (unpaired) electrons. The van der Waals surface area contributed by atoms with Crippen molar-refractivity contribution in [2.75, 3.05) is 11.9 Å². The number of amides is 2. The average Bonchev–Trinajstić information content (AvgIpc) is 3.03. The van der Waals surface area contributed by atoms with Crippen LogP contribution in [0.15, 0.2) is 24.3 Å². The van der Waals surface area contributed by atoms with E-state index in [1.807, 2.05) is 0 Å². The first kappa shape index (κ1) is 12.4. The van der Waals surface area contributed by atoms with Crippen molar-refractivity contribution in [2.24, 2.45) is 11.8 Å². The van der Waals surface area contributed by atoms with Crippen LogP contribution >= 0.6 is 0 Å². The summed E-state index contributed by atoms with van der Waals surface area (Å²) in [5, 5.41) is 14.2. The molecule has 18 heavy (non-hydrogen) atoms. The van der Waals surface area contributed by atoms with Crippen molar-refractivity contribution in [3.8, 4) is 0 Å². The molecule has 2 rings (SSSR count). The average molecular weight is 248 g/mol. The van der Waals surface area contributed by atoms with E-state index in [1.54, 1.807) is 12.1 Å². The Labute approximate surface area is 105 Å². The van der Waals surface area contributed by atoms with Crippen molar-refractivity contribution in [1.82, 2.24) is 5.32 Å². The van der Waals surface area contributed by atoms with E-state index in [-0.39, 0.29) is 11.6 Å². The maximum absolute atomic E-state index is 11.6. The van der Waals surface area contributed by atoms with Gasteiger partial charge in [-0.05, 0) is 36.5 Å². The van der Waals surface area contributed by atoms with E-state index >= 15 is 0 Å². The third-order valence-corrected chi connectivity index (χ3v) is 3.17. The highest BCUT2D eigenvalue weighted by Gasteiger charge is 2.32. The maximum atomic E-state index is 11.6. The molecule has 2 atom stereocenters. The molecule has 0 saturated heterocycles. The molecule has 5 heteroatoms. The van der Waals surface area contributed by atoms with Crippen LogP contribution in [0, 0.1) is 11.8 Å². The molecule has 5 nitrogen and oxygen atoms in total. The second-order valence-corrected chi connectivity index (χ2v) is 4.69. The van der Waals surface area contributed by atoms with E-state index in [2.05, 4.69) is 17.6 Å². The number of hydrogen-bond acceptors (Lipinski definition) is 2. The molecule has 0 bridgehead atoms. The summed E-state index contributed by atoms with van der Waals surface area (Å²) in [5.74, 6) is 0.271. The third-order valence-electron chi connectivity index (χ3n) is 3.17. The number of carboxylic acids is 1. The molecule has 1 fully saturated rings. The zero-order valence-corrected chi connectivity index (χ0v) is 10.1. The highest BCUT2D eigenvalue weighted by molar-refractivity contribution is 5.93. The molecule has 1 aromatic carbocycles. The molecular weight excluding hydrogens is 232 g/mol. The first-order chi connectivity index (χ1) is 8.56. The van der Waals surface area contributed by atoms with E-state index in [9.17, 15) is 9.59 Å². The summed E-state index contributed by atoms with van der Waals surface area (Å²) < 4.78 is 0. The monoisotopic (exact) mass is 248 g/mol. The van der Waals surface area contributed by atoms with E-state index in [0.29, 0.717) is 24.1 Å². The van der Waals surface area contributed by atoms with Crippen LogP contribution in [0.3, 0.4) is 0 Å². The number of rotatable bonds is 4. The fraction of sp³-hybridized carbons (Fsp3) is 0.385. The zero-order valence-electron chi connectivity index (χ0n) is 10.1. The van der Waals surface area contributed by atoms with E-state index < -0.39 is 5.97 Å². The molecule has 2 unspecified atom stereocenters. The quantitative estimate of drug-likeness (QED) is 0.764. The predicted molar refractivity (Wildman–Crippen MR) is 67.7 cm³/mol. The molecule has 3 N–H and O–H groups in total. The fourth-order valence-electron chi connectivity index (χ4n) is 1.81. The Morgan fingerprint density at radius 1 is 1.44 bits per heavy atom. The van der Waals surface area contributed by atoms with Crippen molar-refractivity contribution in [3.05, 3.63) is 29.8 Å². The van der Waals surface area contributed by atoms with Gasteiger partial charge in [0.2, 0.25) is 0 Å². The van der Waals surface area contributed by atoms with Crippen LogP contribution in [-0.2, 0) is 0 Å². The van der Waals surface area contributed by atoms with Gasteiger partial charge in [-0.2, -0.15) is 0 Å². The van der Waals surface area contributed by atoms with Gasteiger partial charge in [0.15, 0.2) is 0 Å². The second kappa shape index (κ2) is 5.08. The van der Waals surface area contributed by atoms with Gasteiger partial charge in [-0.3, -0.25) is 0 Å². The van der Waals surface area contributed by atoms with Gasteiger partial charge in [0, 0.05) is 12.2 Å². The number of hydrogen-bond donors (Lipinski definition) is 3. The molecular formula is C13H16N2O3. The summed E-state index contributed by atoms with van der Waals surface area (Å²) in [6.45, 7) is 2.83. The van der Waals surface area contributed by atoms with Gasteiger partial charge in [-0.15, -0.1) is 0 Å². The van der Waals surface area contributed by atoms with Crippen LogP contribution in [0.2, 0.25) is 0 Å². The predicted octanol–water partition coefficient (Wildman–Crippen LogP) is 2.16. The van der Waals surface area contributed by atoms with Crippen molar-refractivity contribution in [1.29, 1.82) is 0 Å². The summed E-state index contributed by atoms with van der Waals surface area (Å²) in [4.78, 5) is 22.3. The molecule has 1 aromatic rings. The summed E-state index contributed by atoms with van der Waals surface area (Å²) >= 11 is 0. The minimum absolute atomic E-state index is 0.156. The number of anilines is 1. The number of benzene rings is 1. The molecule has 0 heterocycles. The molecule has 0 aliphatic heterocycles. The Morgan fingerprint density at radius 3 is 2.78 bits per heavy atom. The summed E-state index contributed by atoms with van der Waals surface area (Å²) in [7, 11) is 0. The van der Waals surface area contributed by atoms with Crippen LogP contribution in [0.5, 0.6) is 0 Å². The lowest BCUT2D eigenvalue weighted by atomic mass is 10.2. The van der Waals surface area contributed by atoms with Crippen LogP contribution in [0.1, 0.15) is 23.7 Å². The lowest BCUT2D eigenvalue weighted by Crippen LogP contribution is -2.30. The lowest BCUT2D eigenvalue weighted by molar-refractivity contribution is 0.0697. The van der Waals surface area contributed by atoms with Crippen LogP contribution in [0.4, 0.5) is 10.5 Å².